The standard InChI is InChI=1S/C11H17BrN2O/c1-7(6-15)8(2)13-11-5-4-10(12)9(3)14-11/h4-5,7-8,15H,6H2,1-3H3,(H,13,14). The highest BCUT2D eigenvalue weighted by Crippen LogP contribution is 2.17. The third kappa shape index (κ3) is 3.47. The molecule has 15 heavy (non-hydrogen) atoms. The summed E-state index contributed by atoms with van der Waals surface area (Å²) in [7, 11) is 0. The molecule has 1 rings (SSSR count). The van der Waals surface area contributed by atoms with E-state index in [1.807, 2.05) is 32.9 Å². The zero-order valence-corrected chi connectivity index (χ0v) is 10.9. The van der Waals surface area contributed by atoms with Gasteiger partial charge in [-0.15, -0.1) is 0 Å². The number of nitrogens with zero attached hydrogens (tertiary/aromatic N) is 1. The number of aliphatic hydroxyl groups is 1. The molecule has 0 saturated carbocycles. The highest BCUT2D eigenvalue weighted by atomic mass is 79.9. The van der Waals surface area contributed by atoms with Gasteiger partial charge in [0.1, 0.15) is 5.82 Å². The van der Waals surface area contributed by atoms with E-state index in [-0.39, 0.29) is 18.6 Å². The largest absolute Gasteiger partial charge is 0.396 e. The van der Waals surface area contributed by atoms with Crippen molar-refractivity contribution < 1.29 is 5.11 Å². The number of nitrogens with one attached hydrogen (secondary N) is 1. The first-order valence-corrected chi connectivity index (χ1v) is 5.84. The van der Waals surface area contributed by atoms with E-state index in [0.29, 0.717) is 0 Å². The molecule has 4 heteroatoms. The van der Waals surface area contributed by atoms with Crippen LogP contribution in [0.25, 0.3) is 0 Å². The number of aryl methyl sites for hydroxylation is 1. The zero-order chi connectivity index (χ0) is 11.4. The summed E-state index contributed by atoms with van der Waals surface area (Å²) in [6.07, 6.45) is 0. The molecule has 1 aromatic heterocycles. The van der Waals surface area contributed by atoms with Crippen molar-refractivity contribution >= 4 is 21.7 Å². The summed E-state index contributed by atoms with van der Waals surface area (Å²) in [6.45, 7) is 6.18. The van der Waals surface area contributed by atoms with E-state index in [9.17, 15) is 0 Å². The molecule has 0 radical (unpaired) electrons. The molecule has 0 aliphatic rings. The molecule has 0 bridgehead atoms. The molecular weight excluding hydrogens is 256 g/mol. The lowest BCUT2D eigenvalue weighted by Crippen LogP contribution is -2.26. The van der Waals surface area contributed by atoms with Gasteiger partial charge in [-0.25, -0.2) is 4.98 Å². The number of pyridine rings is 1. The van der Waals surface area contributed by atoms with Crippen LogP contribution in [0.2, 0.25) is 0 Å². The molecule has 2 atom stereocenters. The molecule has 0 fully saturated rings. The first-order valence-electron chi connectivity index (χ1n) is 5.05. The molecule has 2 unspecified atom stereocenters. The molecule has 1 heterocycles. The van der Waals surface area contributed by atoms with Gasteiger partial charge in [-0.1, -0.05) is 6.92 Å². The van der Waals surface area contributed by atoms with Gasteiger partial charge in [-0.05, 0) is 47.8 Å². The van der Waals surface area contributed by atoms with Gasteiger partial charge in [0.2, 0.25) is 0 Å². The van der Waals surface area contributed by atoms with Crippen LogP contribution in [-0.4, -0.2) is 22.7 Å². The maximum absolute atomic E-state index is 9.01. The monoisotopic (exact) mass is 272 g/mol. The van der Waals surface area contributed by atoms with Crippen LogP contribution >= 0.6 is 15.9 Å². The highest BCUT2D eigenvalue weighted by Gasteiger charge is 2.11. The Morgan fingerprint density at radius 2 is 2.13 bits per heavy atom. The number of aliphatic hydroxyl groups excluding tert-OH is 1. The Balaban J connectivity index is 2.68. The highest BCUT2D eigenvalue weighted by molar-refractivity contribution is 9.10. The fourth-order valence-corrected chi connectivity index (χ4v) is 1.38. The Kier molecular flexibility index (Phi) is 4.54. The van der Waals surface area contributed by atoms with Crippen molar-refractivity contribution in [3.05, 3.63) is 22.3 Å². The van der Waals surface area contributed by atoms with Crippen LogP contribution in [0.5, 0.6) is 0 Å². The Bertz CT molecular complexity index is 330. The summed E-state index contributed by atoms with van der Waals surface area (Å²) in [4.78, 5) is 4.39. The minimum atomic E-state index is 0.184. The van der Waals surface area contributed by atoms with E-state index in [2.05, 4.69) is 26.2 Å². The molecule has 0 saturated heterocycles. The van der Waals surface area contributed by atoms with Gasteiger partial charge < -0.3 is 10.4 Å². The van der Waals surface area contributed by atoms with Gasteiger partial charge in [0.05, 0.1) is 5.69 Å². The van der Waals surface area contributed by atoms with Crippen molar-refractivity contribution in [1.82, 2.24) is 4.98 Å². The lowest BCUT2D eigenvalue weighted by molar-refractivity contribution is 0.226. The summed E-state index contributed by atoms with van der Waals surface area (Å²) in [5.74, 6) is 1.07. The number of hydrogen-bond acceptors (Lipinski definition) is 3. The van der Waals surface area contributed by atoms with E-state index < -0.39 is 0 Å². The van der Waals surface area contributed by atoms with Crippen LogP contribution in [-0.2, 0) is 0 Å². The van der Waals surface area contributed by atoms with Crippen molar-refractivity contribution in [1.29, 1.82) is 0 Å². The van der Waals surface area contributed by atoms with Crippen molar-refractivity contribution in [2.24, 2.45) is 5.92 Å². The second-order valence-corrected chi connectivity index (χ2v) is 4.71. The smallest absolute Gasteiger partial charge is 0.126 e. The topological polar surface area (TPSA) is 45.2 Å². The molecule has 0 aliphatic heterocycles. The molecule has 84 valence electrons. The minimum absolute atomic E-state index is 0.184. The quantitative estimate of drug-likeness (QED) is 0.886. The number of halogens is 1. The van der Waals surface area contributed by atoms with Crippen LogP contribution in [0, 0.1) is 12.8 Å². The second kappa shape index (κ2) is 5.47. The predicted molar refractivity (Wildman–Crippen MR) is 66.0 cm³/mol. The number of hydrogen-bond donors (Lipinski definition) is 2. The number of aromatic nitrogens is 1. The van der Waals surface area contributed by atoms with Gasteiger partial charge in [0.25, 0.3) is 0 Å². The average Bonchev–Trinajstić information content (AvgIpc) is 2.22. The van der Waals surface area contributed by atoms with E-state index >= 15 is 0 Å². The van der Waals surface area contributed by atoms with Crippen molar-refractivity contribution in [2.75, 3.05) is 11.9 Å². The maximum atomic E-state index is 9.01. The third-order valence-corrected chi connectivity index (χ3v) is 3.38. The second-order valence-electron chi connectivity index (χ2n) is 3.86. The molecule has 0 aliphatic carbocycles. The summed E-state index contributed by atoms with van der Waals surface area (Å²) in [5.41, 5.74) is 0.962. The minimum Gasteiger partial charge on any atom is -0.396 e. The molecule has 0 aromatic carbocycles. The maximum Gasteiger partial charge on any atom is 0.126 e. The molecule has 2 N–H and O–H groups in total. The van der Waals surface area contributed by atoms with E-state index in [1.165, 1.54) is 0 Å². The molecule has 1 aromatic rings. The van der Waals surface area contributed by atoms with Crippen molar-refractivity contribution in [3.8, 4) is 0 Å². The van der Waals surface area contributed by atoms with Crippen LogP contribution in [0.15, 0.2) is 16.6 Å². The van der Waals surface area contributed by atoms with E-state index in [0.717, 1.165) is 16.0 Å². The van der Waals surface area contributed by atoms with Crippen molar-refractivity contribution in [3.63, 3.8) is 0 Å². The summed E-state index contributed by atoms with van der Waals surface area (Å²) < 4.78 is 1.01. The normalized spacial score (nSPS) is 14.7. The average molecular weight is 273 g/mol. The molecule has 3 nitrogen and oxygen atoms in total. The van der Waals surface area contributed by atoms with E-state index in [4.69, 9.17) is 5.11 Å². The van der Waals surface area contributed by atoms with Crippen LogP contribution in [0.3, 0.4) is 0 Å². The third-order valence-electron chi connectivity index (χ3n) is 2.54. The van der Waals surface area contributed by atoms with Crippen LogP contribution in [0.4, 0.5) is 5.82 Å². The molecule has 0 amide bonds. The van der Waals surface area contributed by atoms with E-state index in [1.54, 1.807) is 0 Å². The van der Waals surface area contributed by atoms with Gasteiger partial charge in [0, 0.05) is 17.1 Å². The summed E-state index contributed by atoms with van der Waals surface area (Å²) >= 11 is 3.41. The summed E-state index contributed by atoms with van der Waals surface area (Å²) in [5, 5.41) is 12.3. The number of rotatable bonds is 4. The lowest BCUT2D eigenvalue weighted by Gasteiger charge is -2.20. The zero-order valence-electron chi connectivity index (χ0n) is 9.29. The van der Waals surface area contributed by atoms with Gasteiger partial charge >= 0.3 is 0 Å². The first-order chi connectivity index (χ1) is 7.04. The molecular formula is C11H17BrN2O. The fourth-order valence-electron chi connectivity index (χ4n) is 1.16. The SMILES string of the molecule is Cc1nc(NC(C)C(C)CO)ccc1Br. The van der Waals surface area contributed by atoms with Crippen LogP contribution in [0.1, 0.15) is 19.5 Å². The predicted octanol–water partition coefficient (Wildman–Crippen LogP) is 2.58. The first kappa shape index (κ1) is 12.5. The Morgan fingerprint density at radius 1 is 1.47 bits per heavy atom. The van der Waals surface area contributed by atoms with Gasteiger partial charge in [-0.3, -0.25) is 0 Å². The van der Waals surface area contributed by atoms with Crippen molar-refractivity contribution in [2.45, 2.75) is 26.8 Å². The van der Waals surface area contributed by atoms with Crippen LogP contribution < -0.4 is 5.32 Å². The van der Waals surface area contributed by atoms with Gasteiger partial charge in [-0.2, -0.15) is 0 Å². The Labute approximate surface area is 99.1 Å². The van der Waals surface area contributed by atoms with Gasteiger partial charge in [0.15, 0.2) is 0 Å². The number of anilines is 1. The molecule has 0 spiro atoms. The fraction of sp³-hybridized carbons (Fsp3) is 0.545. The Morgan fingerprint density at radius 3 is 2.67 bits per heavy atom. The summed E-state index contributed by atoms with van der Waals surface area (Å²) in [6, 6.07) is 4.11. The lowest BCUT2D eigenvalue weighted by atomic mass is 10.1. The Hall–Kier alpha value is -0.610.